The summed E-state index contributed by atoms with van der Waals surface area (Å²) in [5, 5.41) is 4.71. The molecule has 2 rings (SSSR count). The van der Waals surface area contributed by atoms with E-state index in [1.807, 2.05) is 18.2 Å². The lowest BCUT2D eigenvalue weighted by atomic mass is 10.1. The summed E-state index contributed by atoms with van der Waals surface area (Å²) in [7, 11) is 0. The minimum Gasteiger partial charge on any atom is -0.288 e. The molecule has 0 spiro atoms. The molecule has 1 aliphatic rings. The van der Waals surface area contributed by atoms with Gasteiger partial charge in [0.25, 0.3) is 0 Å². The molecule has 0 saturated carbocycles. The van der Waals surface area contributed by atoms with Gasteiger partial charge in [0.1, 0.15) is 0 Å². The van der Waals surface area contributed by atoms with Crippen LogP contribution in [0.25, 0.3) is 0 Å². The number of hydrogen-bond donors (Lipinski definition) is 2. The number of carbonyl (C=O) groups excluding carboxylic acids is 2. The Morgan fingerprint density at radius 3 is 2.29 bits per heavy atom. The van der Waals surface area contributed by atoms with Crippen molar-refractivity contribution in [1.29, 1.82) is 0 Å². The Kier molecular flexibility index (Phi) is 3.49. The Morgan fingerprint density at radius 1 is 1.00 bits per heavy atom. The predicted octanol–water partition coefficient (Wildman–Crippen LogP) is 0.221. The van der Waals surface area contributed by atoms with E-state index in [2.05, 4.69) is 27.8 Å². The second-order valence-corrected chi connectivity index (χ2v) is 3.73. The Bertz CT molecular complexity index is 436. The highest BCUT2D eigenvalue weighted by atomic mass is 16.2. The van der Waals surface area contributed by atoms with E-state index in [9.17, 15) is 9.59 Å². The van der Waals surface area contributed by atoms with Crippen LogP contribution in [-0.4, -0.2) is 24.3 Å². The van der Waals surface area contributed by atoms with Crippen molar-refractivity contribution in [2.45, 2.75) is 12.8 Å². The van der Waals surface area contributed by atoms with Crippen LogP contribution in [-0.2, 0) is 16.0 Å². The average molecular weight is 231 g/mol. The van der Waals surface area contributed by atoms with Crippen LogP contribution < -0.4 is 10.6 Å². The number of carbonyl (C=O) groups is 2. The smallest absolute Gasteiger partial charge is 0.288 e. The lowest BCUT2D eigenvalue weighted by Gasteiger charge is -1.99. The van der Waals surface area contributed by atoms with Crippen LogP contribution in [0.4, 0.5) is 0 Å². The zero-order chi connectivity index (χ0) is 12.1. The van der Waals surface area contributed by atoms with Crippen LogP contribution in [0.1, 0.15) is 12.0 Å². The standard InChI is InChI=1S/C12H13N3O2/c16-10-11(17)15-12(14-10)13-8-4-7-9-5-2-1-3-6-9/h1-3,5-6H,4,7-8H2,(H2,13,14,15,16,17). The first-order valence-corrected chi connectivity index (χ1v) is 5.46. The number of aliphatic imine (C=N–C) groups is 1. The summed E-state index contributed by atoms with van der Waals surface area (Å²) < 4.78 is 0. The van der Waals surface area contributed by atoms with Gasteiger partial charge in [-0.05, 0) is 18.4 Å². The first-order chi connectivity index (χ1) is 8.25. The number of nitrogens with one attached hydrogen (secondary N) is 2. The molecule has 0 bridgehead atoms. The molecule has 1 heterocycles. The van der Waals surface area contributed by atoms with Gasteiger partial charge in [0, 0.05) is 6.54 Å². The van der Waals surface area contributed by atoms with Gasteiger partial charge in [-0.15, -0.1) is 0 Å². The summed E-state index contributed by atoms with van der Waals surface area (Å²) in [5.74, 6) is -1.04. The molecule has 0 radical (unpaired) electrons. The monoisotopic (exact) mass is 231 g/mol. The summed E-state index contributed by atoms with van der Waals surface area (Å²) in [4.78, 5) is 25.8. The SMILES string of the molecule is O=C1NC(=NCCCc2ccccc2)NC1=O. The van der Waals surface area contributed by atoms with Crippen LogP contribution in [0, 0.1) is 0 Å². The van der Waals surface area contributed by atoms with Gasteiger partial charge in [0.15, 0.2) is 0 Å². The van der Waals surface area contributed by atoms with Crippen LogP contribution in [0.2, 0.25) is 0 Å². The minimum atomic E-state index is -0.646. The van der Waals surface area contributed by atoms with Crippen LogP contribution in [0.15, 0.2) is 35.3 Å². The molecular formula is C12H13N3O2. The Hall–Kier alpha value is -2.17. The molecule has 1 saturated heterocycles. The summed E-state index contributed by atoms with van der Waals surface area (Å²) in [6.45, 7) is 0.574. The van der Waals surface area contributed by atoms with Crippen molar-refractivity contribution in [3.05, 3.63) is 35.9 Å². The summed E-state index contributed by atoms with van der Waals surface area (Å²) in [5.41, 5.74) is 1.26. The molecule has 88 valence electrons. The van der Waals surface area contributed by atoms with Crippen molar-refractivity contribution in [3.8, 4) is 0 Å². The summed E-state index contributed by atoms with van der Waals surface area (Å²) in [6.07, 6.45) is 1.80. The average Bonchev–Trinajstić information content (AvgIpc) is 2.66. The molecule has 2 amide bonds. The van der Waals surface area contributed by atoms with Gasteiger partial charge < -0.3 is 0 Å². The van der Waals surface area contributed by atoms with Gasteiger partial charge in [-0.3, -0.25) is 25.2 Å². The highest BCUT2D eigenvalue weighted by molar-refractivity contribution is 6.45. The van der Waals surface area contributed by atoms with E-state index in [1.54, 1.807) is 0 Å². The van der Waals surface area contributed by atoms with E-state index >= 15 is 0 Å². The lowest BCUT2D eigenvalue weighted by molar-refractivity contribution is -0.135. The minimum absolute atomic E-state index is 0.257. The maximum atomic E-state index is 10.8. The fraction of sp³-hybridized carbons (Fsp3) is 0.250. The molecule has 1 fully saturated rings. The molecule has 0 atom stereocenters. The molecule has 5 nitrogen and oxygen atoms in total. The van der Waals surface area contributed by atoms with Gasteiger partial charge in [-0.2, -0.15) is 0 Å². The Balaban J connectivity index is 1.75. The molecular weight excluding hydrogens is 218 g/mol. The van der Waals surface area contributed by atoms with Gasteiger partial charge in [-0.25, -0.2) is 0 Å². The Labute approximate surface area is 98.9 Å². The molecule has 0 aromatic heterocycles. The summed E-state index contributed by atoms with van der Waals surface area (Å²) in [6, 6.07) is 10.1. The zero-order valence-corrected chi connectivity index (χ0v) is 9.27. The lowest BCUT2D eigenvalue weighted by Crippen LogP contribution is -2.25. The van der Waals surface area contributed by atoms with E-state index in [-0.39, 0.29) is 5.96 Å². The van der Waals surface area contributed by atoms with Gasteiger partial charge in [-0.1, -0.05) is 30.3 Å². The van der Waals surface area contributed by atoms with E-state index in [4.69, 9.17) is 0 Å². The molecule has 1 aliphatic heterocycles. The number of nitrogens with zero attached hydrogens (tertiary/aromatic N) is 1. The maximum absolute atomic E-state index is 10.8. The molecule has 0 aliphatic carbocycles. The third-order valence-electron chi connectivity index (χ3n) is 2.41. The van der Waals surface area contributed by atoms with Crippen molar-refractivity contribution >= 4 is 17.8 Å². The molecule has 1 aromatic rings. The molecule has 0 unspecified atom stereocenters. The van der Waals surface area contributed by atoms with Gasteiger partial charge >= 0.3 is 11.8 Å². The van der Waals surface area contributed by atoms with Crippen LogP contribution >= 0.6 is 0 Å². The van der Waals surface area contributed by atoms with E-state index in [0.29, 0.717) is 6.54 Å². The van der Waals surface area contributed by atoms with Crippen molar-refractivity contribution < 1.29 is 9.59 Å². The number of guanidine groups is 1. The number of hydrogen-bond acceptors (Lipinski definition) is 3. The van der Waals surface area contributed by atoms with Gasteiger partial charge in [0.2, 0.25) is 5.96 Å². The number of aryl methyl sites for hydroxylation is 1. The third-order valence-corrected chi connectivity index (χ3v) is 2.41. The largest absolute Gasteiger partial charge is 0.316 e. The molecule has 1 aromatic carbocycles. The van der Waals surface area contributed by atoms with Crippen molar-refractivity contribution in [2.75, 3.05) is 6.54 Å². The topological polar surface area (TPSA) is 70.6 Å². The second-order valence-electron chi connectivity index (χ2n) is 3.73. The van der Waals surface area contributed by atoms with Gasteiger partial charge in [0.05, 0.1) is 0 Å². The van der Waals surface area contributed by atoms with E-state index in [0.717, 1.165) is 12.8 Å². The van der Waals surface area contributed by atoms with Crippen molar-refractivity contribution in [1.82, 2.24) is 10.6 Å². The first-order valence-electron chi connectivity index (χ1n) is 5.46. The summed E-state index contributed by atoms with van der Waals surface area (Å²) >= 11 is 0. The number of amides is 2. The Morgan fingerprint density at radius 2 is 1.65 bits per heavy atom. The molecule has 2 N–H and O–H groups in total. The number of benzene rings is 1. The fourth-order valence-electron chi connectivity index (χ4n) is 1.56. The first kappa shape index (κ1) is 11.3. The van der Waals surface area contributed by atoms with Crippen LogP contribution in [0.3, 0.4) is 0 Å². The third kappa shape index (κ3) is 3.14. The maximum Gasteiger partial charge on any atom is 0.316 e. The second kappa shape index (κ2) is 5.25. The fourth-order valence-corrected chi connectivity index (χ4v) is 1.56. The quantitative estimate of drug-likeness (QED) is 0.575. The molecule has 17 heavy (non-hydrogen) atoms. The number of rotatable bonds is 4. The van der Waals surface area contributed by atoms with E-state index in [1.165, 1.54) is 5.56 Å². The predicted molar refractivity (Wildman–Crippen MR) is 63.4 cm³/mol. The highest BCUT2D eigenvalue weighted by Gasteiger charge is 2.24. The van der Waals surface area contributed by atoms with E-state index < -0.39 is 11.8 Å². The molecule has 5 heteroatoms. The normalized spacial score (nSPS) is 14.5. The van der Waals surface area contributed by atoms with Crippen LogP contribution in [0.5, 0.6) is 0 Å². The zero-order valence-electron chi connectivity index (χ0n) is 9.27. The highest BCUT2D eigenvalue weighted by Crippen LogP contribution is 2.02. The van der Waals surface area contributed by atoms with Crippen molar-refractivity contribution in [2.24, 2.45) is 4.99 Å². The van der Waals surface area contributed by atoms with Crippen molar-refractivity contribution in [3.63, 3.8) is 0 Å².